The van der Waals surface area contributed by atoms with Crippen LogP contribution in [0.2, 0.25) is 0 Å². The summed E-state index contributed by atoms with van der Waals surface area (Å²) in [5.74, 6) is 0. The van der Waals surface area contributed by atoms with Gasteiger partial charge < -0.3 is 0 Å². The highest BCUT2D eigenvalue weighted by Gasteiger charge is 2.18. The van der Waals surface area contributed by atoms with Crippen molar-refractivity contribution in [2.75, 3.05) is 0 Å². The Kier molecular flexibility index (Phi) is 8.11. The van der Waals surface area contributed by atoms with Crippen molar-refractivity contribution in [1.29, 1.82) is 0 Å². The van der Waals surface area contributed by atoms with Gasteiger partial charge in [-0.05, 0) is 48.3 Å². The molecule has 2 aromatic rings. The van der Waals surface area contributed by atoms with Gasteiger partial charge in [0, 0.05) is 5.39 Å². The fourth-order valence-electron chi connectivity index (χ4n) is 3.63. The van der Waals surface area contributed by atoms with Gasteiger partial charge in [0.2, 0.25) is 0 Å². The molecular formula is C22H32O3S. The van der Waals surface area contributed by atoms with E-state index in [9.17, 15) is 13.0 Å². The van der Waals surface area contributed by atoms with Gasteiger partial charge in [0.15, 0.2) is 0 Å². The molecule has 0 fully saturated rings. The minimum atomic E-state index is -4.23. The number of aryl methyl sites for hydroxylation is 2. The van der Waals surface area contributed by atoms with Crippen LogP contribution < -0.4 is 0 Å². The predicted octanol–water partition coefficient (Wildman–Crippen LogP) is 6.33. The Labute approximate surface area is 158 Å². The average molecular weight is 377 g/mol. The van der Waals surface area contributed by atoms with Gasteiger partial charge in [0.25, 0.3) is 10.1 Å². The molecule has 3 nitrogen and oxygen atoms in total. The summed E-state index contributed by atoms with van der Waals surface area (Å²) in [6.07, 6.45) is 11.1. The number of rotatable bonds is 11. The van der Waals surface area contributed by atoms with Gasteiger partial charge in [-0.25, -0.2) is 0 Å². The Morgan fingerprint density at radius 3 is 1.92 bits per heavy atom. The molecule has 0 atom stereocenters. The van der Waals surface area contributed by atoms with Crippen molar-refractivity contribution in [2.24, 2.45) is 0 Å². The molecule has 0 aromatic heterocycles. The first-order valence-electron chi connectivity index (χ1n) is 10.00. The van der Waals surface area contributed by atoms with Crippen LogP contribution in [0.25, 0.3) is 10.8 Å². The maximum absolute atomic E-state index is 11.9. The molecule has 1 N–H and O–H groups in total. The Balaban J connectivity index is 2.41. The number of hydrogen-bond donors (Lipinski definition) is 1. The third kappa shape index (κ3) is 5.55. The van der Waals surface area contributed by atoms with Crippen LogP contribution in [0.5, 0.6) is 0 Å². The Morgan fingerprint density at radius 2 is 1.35 bits per heavy atom. The van der Waals surface area contributed by atoms with Crippen molar-refractivity contribution < 1.29 is 13.0 Å². The van der Waals surface area contributed by atoms with Crippen LogP contribution >= 0.6 is 0 Å². The number of benzene rings is 2. The minimum Gasteiger partial charge on any atom is -0.282 e. The van der Waals surface area contributed by atoms with Gasteiger partial charge >= 0.3 is 0 Å². The fraction of sp³-hybridized carbons (Fsp3) is 0.545. The third-order valence-corrected chi connectivity index (χ3v) is 5.95. The predicted molar refractivity (Wildman–Crippen MR) is 109 cm³/mol. The molecule has 0 amide bonds. The maximum Gasteiger partial charge on any atom is 0.295 e. The second-order valence-electron chi connectivity index (χ2n) is 7.16. The summed E-state index contributed by atoms with van der Waals surface area (Å²) >= 11 is 0. The van der Waals surface area contributed by atoms with Crippen molar-refractivity contribution in [2.45, 2.75) is 83.0 Å². The SMILES string of the molecule is CCCCCCc1ccc(CCCCCC)c2c(S(=O)(=O)O)cccc12. The van der Waals surface area contributed by atoms with Crippen molar-refractivity contribution in [3.63, 3.8) is 0 Å². The van der Waals surface area contributed by atoms with E-state index >= 15 is 0 Å². The van der Waals surface area contributed by atoms with Gasteiger partial charge in [-0.15, -0.1) is 0 Å². The Hall–Kier alpha value is -1.39. The monoisotopic (exact) mass is 376 g/mol. The van der Waals surface area contributed by atoms with E-state index in [1.54, 1.807) is 6.07 Å². The normalized spacial score (nSPS) is 12.0. The lowest BCUT2D eigenvalue weighted by Crippen LogP contribution is -2.03. The van der Waals surface area contributed by atoms with Gasteiger partial charge in [0.1, 0.15) is 4.90 Å². The molecule has 0 radical (unpaired) electrons. The zero-order valence-electron chi connectivity index (χ0n) is 16.1. The molecule has 0 heterocycles. The quantitative estimate of drug-likeness (QED) is 0.368. The van der Waals surface area contributed by atoms with E-state index in [2.05, 4.69) is 26.0 Å². The van der Waals surface area contributed by atoms with Crippen molar-refractivity contribution >= 4 is 20.9 Å². The first kappa shape index (κ1) is 20.9. The van der Waals surface area contributed by atoms with Crippen molar-refractivity contribution in [3.8, 4) is 0 Å². The molecule has 0 saturated heterocycles. The minimum absolute atomic E-state index is 0.0518. The second kappa shape index (κ2) is 10.1. The molecule has 26 heavy (non-hydrogen) atoms. The van der Waals surface area contributed by atoms with E-state index in [1.165, 1.54) is 43.7 Å². The second-order valence-corrected chi connectivity index (χ2v) is 8.55. The van der Waals surface area contributed by atoms with Gasteiger partial charge in [-0.2, -0.15) is 8.42 Å². The van der Waals surface area contributed by atoms with Crippen LogP contribution in [0.4, 0.5) is 0 Å². The number of hydrogen-bond acceptors (Lipinski definition) is 2. The standard InChI is InChI=1S/C22H32O3S/c1-3-5-7-9-12-18-16-17-19(13-10-8-6-4-2)22-20(18)14-11-15-21(22)26(23,24)25/h11,14-17H,3-10,12-13H2,1-2H3,(H,23,24,25). The van der Waals surface area contributed by atoms with Crippen LogP contribution in [-0.4, -0.2) is 13.0 Å². The molecular weight excluding hydrogens is 344 g/mol. The highest BCUT2D eigenvalue weighted by molar-refractivity contribution is 7.86. The van der Waals surface area contributed by atoms with Crippen molar-refractivity contribution in [3.05, 3.63) is 41.5 Å². The van der Waals surface area contributed by atoms with Crippen LogP contribution in [0.15, 0.2) is 35.2 Å². The molecule has 144 valence electrons. The van der Waals surface area contributed by atoms with Crippen molar-refractivity contribution in [1.82, 2.24) is 0 Å². The van der Waals surface area contributed by atoms with E-state index in [-0.39, 0.29) is 4.90 Å². The molecule has 0 bridgehead atoms. The molecule has 2 rings (SSSR count). The topological polar surface area (TPSA) is 54.4 Å². The molecule has 0 saturated carbocycles. The summed E-state index contributed by atoms with van der Waals surface area (Å²) in [5, 5.41) is 1.70. The zero-order chi connectivity index (χ0) is 19.0. The van der Waals surface area contributed by atoms with Crippen LogP contribution in [0, 0.1) is 0 Å². The summed E-state index contributed by atoms with van der Waals surface area (Å²) in [6, 6.07) is 9.47. The largest absolute Gasteiger partial charge is 0.295 e. The zero-order valence-corrected chi connectivity index (χ0v) is 16.9. The summed E-state index contributed by atoms with van der Waals surface area (Å²) in [6.45, 7) is 4.38. The molecule has 0 unspecified atom stereocenters. The van der Waals surface area contributed by atoms with Gasteiger partial charge in [0.05, 0.1) is 0 Å². The number of fused-ring (bicyclic) bond motifs is 1. The van der Waals surface area contributed by atoms with E-state index in [4.69, 9.17) is 0 Å². The Morgan fingerprint density at radius 1 is 0.769 bits per heavy atom. The summed E-state index contributed by atoms with van der Waals surface area (Å²) in [4.78, 5) is 0.0518. The van der Waals surface area contributed by atoms with Gasteiger partial charge in [-0.3, -0.25) is 4.55 Å². The summed E-state index contributed by atoms with van der Waals surface area (Å²) in [7, 11) is -4.23. The fourth-order valence-corrected chi connectivity index (χ4v) is 4.38. The first-order chi connectivity index (χ1) is 12.5. The van der Waals surface area contributed by atoms with Crippen LogP contribution in [0.3, 0.4) is 0 Å². The Bertz CT molecular complexity index is 809. The number of unbranched alkanes of at least 4 members (excludes halogenated alkanes) is 6. The smallest absolute Gasteiger partial charge is 0.282 e. The molecule has 0 spiro atoms. The average Bonchev–Trinajstić information content (AvgIpc) is 2.62. The van der Waals surface area contributed by atoms with Crippen LogP contribution in [0.1, 0.15) is 76.3 Å². The van der Waals surface area contributed by atoms with E-state index < -0.39 is 10.1 Å². The third-order valence-electron chi connectivity index (χ3n) is 5.06. The molecule has 0 aliphatic rings. The molecule has 0 aliphatic heterocycles. The maximum atomic E-state index is 11.9. The highest BCUT2D eigenvalue weighted by atomic mass is 32.2. The van der Waals surface area contributed by atoms with E-state index in [1.807, 2.05) is 6.07 Å². The highest BCUT2D eigenvalue weighted by Crippen LogP contribution is 2.31. The summed E-state index contributed by atoms with van der Waals surface area (Å²) in [5.41, 5.74) is 2.21. The van der Waals surface area contributed by atoms with E-state index in [0.29, 0.717) is 0 Å². The lowest BCUT2D eigenvalue weighted by atomic mass is 9.93. The summed E-state index contributed by atoms with van der Waals surface area (Å²) < 4.78 is 33.6. The molecule has 2 aromatic carbocycles. The van der Waals surface area contributed by atoms with Gasteiger partial charge in [-0.1, -0.05) is 76.6 Å². The molecule has 4 heteroatoms. The van der Waals surface area contributed by atoms with E-state index in [0.717, 1.165) is 48.4 Å². The first-order valence-corrected chi connectivity index (χ1v) is 11.4. The lowest BCUT2D eigenvalue weighted by Gasteiger charge is -2.14. The van der Waals surface area contributed by atoms with Crippen LogP contribution in [-0.2, 0) is 23.0 Å². The lowest BCUT2D eigenvalue weighted by molar-refractivity contribution is 0.484. The molecule has 0 aliphatic carbocycles.